The first-order valence-electron chi connectivity index (χ1n) is 4.63. The van der Waals surface area contributed by atoms with E-state index in [1.807, 2.05) is 6.92 Å². The lowest BCUT2D eigenvalue weighted by molar-refractivity contribution is 0.893. The maximum atomic E-state index is 5.97. The summed E-state index contributed by atoms with van der Waals surface area (Å²) in [6.07, 6.45) is 3.71. The molecule has 1 fully saturated rings. The highest BCUT2D eigenvalue weighted by molar-refractivity contribution is 5.98. The van der Waals surface area contributed by atoms with Crippen molar-refractivity contribution in [2.45, 2.75) is 33.1 Å². The Balaban J connectivity index is 2.82. The number of aliphatic imine (C=N–C) groups is 1. The molecule has 0 aromatic heterocycles. The number of nitrogens with zero attached hydrogens (tertiary/aromatic N) is 1. The van der Waals surface area contributed by atoms with Crippen molar-refractivity contribution >= 4 is 5.71 Å². The fourth-order valence-electron chi connectivity index (χ4n) is 1.48. The number of nitrogens with two attached hydrogens (primary N) is 1. The van der Waals surface area contributed by atoms with Crippen LogP contribution in [0.4, 0.5) is 0 Å². The molecule has 0 bridgehead atoms. The molecule has 2 N–H and O–H groups in total. The van der Waals surface area contributed by atoms with E-state index in [1.54, 1.807) is 7.05 Å². The van der Waals surface area contributed by atoms with Crippen LogP contribution in [0.1, 0.15) is 33.1 Å². The third-order valence-corrected chi connectivity index (χ3v) is 2.52. The van der Waals surface area contributed by atoms with Gasteiger partial charge in [-0.2, -0.15) is 0 Å². The van der Waals surface area contributed by atoms with Crippen LogP contribution in [0.15, 0.2) is 16.3 Å². The maximum absolute atomic E-state index is 5.97. The summed E-state index contributed by atoms with van der Waals surface area (Å²) < 4.78 is 0. The molecule has 1 saturated carbocycles. The van der Waals surface area contributed by atoms with Gasteiger partial charge >= 0.3 is 0 Å². The zero-order valence-electron chi connectivity index (χ0n) is 8.22. The molecule has 1 rings (SSSR count). The second kappa shape index (κ2) is 3.74. The zero-order chi connectivity index (χ0) is 9.14. The topological polar surface area (TPSA) is 38.4 Å². The maximum Gasteiger partial charge on any atom is 0.0542 e. The van der Waals surface area contributed by atoms with Gasteiger partial charge in [-0.15, -0.1) is 0 Å². The van der Waals surface area contributed by atoms with Crippen LogP contribution in [-0.2, 0) is 0 Å². The minimum atomic E-state index is 0.770. The minimum absolute atomic E-state index is 0.770. The summed E-state index contributed by atoms with van der Waals surface area (Å²) in [5.74, 6) is 0.770. The molecule has 0 radical (unpaired) electrons. The van der Waals surface area contributed by atoms with Gasteiger partial charge in [0, 0.05) is 7.05 Å². The number of hydrogen-bond donors (Lipinski definition) is 1. The third kappa shape index (κ3) is 1.87. The van der Waals surface area contributed by atoms with Crippen LogP contribution in [-0.4, -0.2) is 12.8 Å². The highest BCUT2D eigenvalue weighted by atomic mass is 14.7. The van der Waals surface area contributed by atoms with E-state index in [4.69, 9.17) is 5.73 Å². The Morgan fingerprint density at radius 3 is 2.42 bits per heavy atom. The molecular formula is C10H18N2. The van der Waals surface area contributed by atoms with Gasteiger partial charge in [0.2, 0.25) is 0 Å². The van der Waals surface area contributed by atoms with E-state index in [2.05, 4.69) is 11.9 Å². The number of hydrogen-bond acceptors (Lipinski definition) is 2. The van der Waals surface area contributed by atoms with Crippen molar-refractivity contribution in [2.24, 2.45) is 16.6 Å². The first-order valence-corrected chi connectivity index (χ1v) is 4.63. The molecule has 2 heteroatoms. The van der Waals surface area contributed by atoms with Gasteiger partial charge in [0.1, 0.15) is 0 Å². The van der Waals surface area contributed by atoms with Crippen molar-refractivity contribution in [2.75, 3.05) is 7.05 Å². The molecule has 0 spiro atoms. The summed E-state index contributed by atoms with van der Waals surface area (Å²) >= 11 is 0. The van der Waals surface area contributed by atoms with Crippen LogP contribution in [0, 0.1) is 5.92 Å². The number of rotatable bonds is 3. The Hall–Kier alpha value is -0.790. The van der Waals surface area contributed by atoms with E-state index < -0.39 is 0 Å². The standard InChI is InChI=1S/C10H18N2/c1-4-9(8-5-6-8)10(11)7(2)12-3/h8H,4-6,11H2,1-3H3/b10-9-,12-7?. The van der Waals surface area contributed by atoms with Crippen molar-refractivity contribution in [1.29, 1.82) is 0 Å². The van der Waals surface area contributed by atoms with Crippen molar-refractivity contribution < 1.29 is 0 Å². The number of allylic oxidation sites excluding steroid dienone is 2. The fourth-order valence-corrected chi connectivity index (χ4v) is 1.48. The van der Waals surface area contributed by atoms with Gasteiger partial charge < -0.3 is 5.73 Å². The molecule has 12 heavy (non-hydrogen) atoms. The van der Waals surface area contributed by atoms with E-state index in [1.165, 1.54) is 18.4 Å². The summed E-state index contributed by atoms with van der Waals surface area (Å²) in [6, 6.07) is 0. The Kier molecular flexibility index (Phi) is 2.90. The first-order chi connectivity index (χ1) is 5.70. The molecule has 0 atom stereocenters. The summed E-state index contributed by atoms with van der Waals surface area (Å²) in [4.78, 5) is 4.10. The smallest absolute Gasteiger partial charge is 0.0542 e. The molecule has 0 saturated heterocycles. The van der Waals surface area contributed by atoms with Gasteiger partial charge in [-0.25, -0.2) is 0 Å². The molecule has 0 aromatic rings. The highest BCUT2D eigenvalue weighted by Gasteiger charge is 2.26. The Morgan fingerprint density at radius 2 is 2.08 bits per heavy atom. The normalized spacial score (nSPS) is 20.8. The molecule has 0 amide bonds. The SMILES string of the molecule is CC/C(=C(/N)C(C)=NC)C1CC1. The van der Waals surface area contributed by atoms with E-state index in [-0.39, 0.29) is 0 Å². The monoisotopic (exact) mass is 166 g/mol. The van der Waals surface area contributed by atoms with Crippen LogP contribution < -0.4 is 5.73 Å². The third-order valence-electron chi connectivity index (χ3n) is 2.52. The lowest BCUT2D eigenvalue weighted by atomic mass is 10.0. The zero-order valence-corrected chi connectivity index (χ0v) is 8.22. The molecule has 1 aliphatic rings. The van der Waals surface area contributed by atoms with Gasteiger partial charge in [0.05, 0.1) is 11.4 Å². The van der Waals surface area contributed by atoms with E-state index >= 15 is 0 Å². The summed E-state index contributed by atoms with van der Waals surface area (Å²) in [6.45, 7) is 4.15. The first kappa shape index (κ1) is 9.30. The van der Waals surface area contributed by atoms with Gasteiger partial charge in [0.25, 0.3) is 0 Å². The molecule has 2 nitrogen and oxygen atoms in total. The fraction of sp³-hybridized carbons (Fsp3) is 0.700. The van der Waals surface area contributed by atoms with Gasteiger partial charge in [-0.3, -0.25) is 4.99 Å². The molecule has 0 aromatic carbocycles. The molecular weight excluding hydrogens is 148 g/mol. The molecule has 1 aliphatic carbocycles. The molecule has 68 valence electrons. The lowest BCUT2D eigenvalue weighted by Gasteiger charge is -2.08. The van der Waals surface area contributed by atoms with E-state index in [9.17, 15) is 0 Å². The molecule has 0 unspecified atom stereocenters. The summed E-state index contributed by atoms with van der Waals surface area (Å²) in [5.41, 5.74) is 9.31. The summed E-state index contributed by atoms with van der Waals surface area (Å²) in [5, 5.41) is 0. The lowest BCUT2D eigenvalue weighted by Crippen LogP contribution is -2.12. The van der Waals surface area contributed by atoms with E-state index in [0.717, 1.165) is 23.7 Å². The average molecular weight is 166 g/mol. The second-order valence-electron chi connectivity index (χ2n) is 3.38. The molecule has 0 aliphatic heterocycles. The predicted molar refractivity (Wildman–Crippen MR) is 53.3 cm³/mol. The van der Waals surface area contributed by atoms with Crippen molar-refractivity contribution in [1.82, 2.24) is 0 Å². The van der Waals surface area contributed by atoms with Crippen LogP contribution in [0.25, 0.3) is 0 Å². The Bertz CT molecular complexity index is 222. The quantitative estimate of drug-likeness (QED) is 0.641. The average Bonchev–Trinajstić information content (AvgIpc) is 2.88. The van der Waals surface area contributed by atoms with Crippen LogP contribution in [0.2, 0.25) is 0 Å². The van der Waals surface area contributed by atoms with Gasteiger partial charge in [-0.05, 0) is 37.7 Å². The highest BCUT2D eigenvalue weighted by Crippen LogP contribution is 2.38. The van der Waals surface area contributed by atoms with Crippen LogP contribution in [0.3, 0.4) is 0 Å². The van der Waals surface area contributed by atoms with Crippen LogP contribution in [0.5, 0.6) is 0 Å². The minimum Gasteiger partial charge on any atom is -0.397 e. The predicted octanol–water partition coefficient (Wildman–Crippen LogP) is 2.11. The van der Waals surface area contributed by atoms with Crippen LogP contribution >= 0.6 is 0 Å². The van der Waals surface area contributed by atoms with Gasteiger partial charge in [0.15, 0.2) is 0 Å². The Labute approximate surface area is 74.6 Å². The van der Waals surface area contributed by atoms with Gasteiger partial charge in [-0.1, -0.05) is 6.92 Å². The Morgan fingerprint density at radius 1 is 1.50 bits per heavy atom. The molecule has 0 heterocycles. The largest absolute Gasteiger partial charge is 0.397 e. The van der Waals surface area contributed by atoms with Crippen molar-refractivity contribution in [3.63, 3.8) is 0 Å². The van der Waals surface area contributed by atoms with E-state index in [0.29, 0.717) is 0 Å². The van der Waals surface area contributed by atoms with Crippen molar-refractivity contribution in [3.8, 4) is 0 Å². The second-order valence-corrected chi connectivity index (χ2v) is 3.38. The summed E-state index contributed by atoms with van der Waals surface area (Å²) in [7, 11) is 1.79. The van der Waals surface area contributed by atoms with Crippen molar-refractivity contribution in [3.05, 3.63) is 11.3 Å².